The number of ether oxygens (including phenoxy) is 2. The number of carbonyl (C=O) groups excluding carboxylic acids is 1. The van der Waals surface area contributed by atoms with Crippen LogP contribution in [0.2, 0.25) is 0 Å². The monoisotopic (exact) mass is 541 g/mol. The zero-order valence-electron chi connectivity index (χ0n) is 22.9. The topological polar surface area (TPSA) is 81.0 Å². The molecule has 5 heterocycles. The quantitative estimate of drug-likeness (QED) is 0.378. The highest BCUT2D eigenvalue weighted by Crippen LogP contribution is 2.37. The highest BCUT2D eigenvalue weighted by atomic mass is 19.1. The first-order valence-corrected chi connectivity index (χ1v) is 14.0. The number of halogens is 1. The number of benzene rings is 2. The number of rotatable bonds is 4. The van der Waals surface area contributed by atoms with Crippen LogP contribution in [0.5, 0.6) is 5.75 Å². The maximum absolute atomic E-state index is 14.8. The maximum Gasteiger partial charge on any atom is 0.275 e. The Morgan fingerprint density at radius 3 is 2.75 bits per heavy atom. The molecule has 2 atom stereocenters. The van der Waals surface area contributed by atoms with Crippen LogP contribution in [0.15, 0.2) is 42.9 Å². The molecule has 1 fully saturated rings. The maximum atomic E-state index is 14.8. The lowest BCUT2D eigenvalue weighted by Gasteiger charge is -2.40. The number of nitrogens with zero attached hydrogens (tertiary/aromatic N) is 4. The standard InChI is InChI=1S/C31H32FN5O3/c1-17-4-5-22-20(10-17)15-36(21-11-18(2)40-19(3)12-21)30(38)28-29-25(22)14-34-31(37(29)16-35-28)33-13-24-23-8-9-39-27(23)7-6-26(24)32/h4-7,10,14,16,18-19,21H,8-9,11-13,15H2,1-3H3,(H,33,34). The zero-order chi connectivity index (χ0) is 27.5. The molecule has 2 unspecified atom stereocenters. The van der Waals surface area contributed by atoms with Gasteiger partial charge in [0, 0.05) is 48.4 Å². The van der Waals surface area contributed by atoms with E-state index in [0.717, 1.165) is 46.4 Å². The summed E-state index contributed by atoms with van der Waals surface area (Å²) >= 11 is 0. The lowest BCUT2D eigenvalue weighted by Crippen LogP contribution is -2.47. The van der Waals surface area contributed by atoms with E-state index in [0.29, 0.717) is 42.3 Å². The number of anilines is 1. The fraction of sp³-hybridized carbons (Fsp3) is 0.387. The van der Waals surface area contributed by atoms with Crippen LogP contribution in [0.3, 0.4) is 0 Å². The van der Waals surface area contributed by atoms with Crippen molar-refractivity contribution in [1.29, 1.82) is 0 Å². The van der Waals surface area contributed by atoms with Crippen molar-refractivity contribution < 1.29 is 18.7 Å². The van der Waals surface area contributed by atoms with Crippen LogP contribution in [0.1, 0.15) is 59.4 Å². The van der Waals surface area contributed by atoms with Gasteiger partial charge in [-0.3, -0.25) is 9.20 Å². The summed E-state index contributed by atoms with van der Waals surface area (Å²) in [5, 5.41) is 3.31. The third-order valence-corrected chi connectivity index (χ3v) is 8.40. The molecule has 0 spiro atoms. The second kappa shape index (κ2) is 9.59. The van der Waals surface area contributed by atoms with Crippen molar-refractivity contribution in [2.45, 2.75) is 71.4 Å². The van der Waals surface area contributed by atoms with Gasteiger partial charge >= 0.3 is 0 Å². The molecule has 0 aliphatic carbocycles. The van der Waals surface area contributed by atoms with E-state index in [4.69, 9.17) is 14.5 Å². The lowest BCUT2D eigenvalue weighted by molar-refractivity contribution is -0.0611. The Bertz CT molecular complexity index is 1640. The summed E-state index contributed by atoms with van der Waals surface area (Å²) in [6.07, 6.45) is 5.82. The Morgan fingerprint density at radius 2 is 1.93 bits per heavy atom. The van der Waals surface area contributed by atoms with Crippen molar-refractivity contribution in [2.75, 3.05) is 11.9 Å². The first-order valence-electron chi connectivity index (χ1n) is 14.0. The normalized spacial score (nSPS) is 21.9. The van der Waals surface area contributed by atoms with Crippen LogP contribution >= 0.6 is 0 Å². The van der Waals surface area contributed by atoms with Gasteiger partial charge in [-0.2, -0.15) is 0 Å². The summed E-state index contributed by atoms with van der Waals surface area (Å²) in [6.45, 7) is 7.50. The van der Waals surface area contributed by atoms with Crippen molar-refractivity contribution in [3.8, 4) is 16.9 Å². The van der Waals surface area contributed by atoms with E-state index in [-0.39, 0.29) is 36.5 Å². The van der Waals surface area contributed by atoms with Crippen molar-refractivity contribution in [3.63, 3.8) is 0 Å². The van der Waals surface area contributed by atoms with Crippen LogP contribution in [0.4, 0.5) is 10.3 Å². The number of carbonyl (C=O) groups is 1. The van der Waals surface area contributed by atoms with Gasteiger partial charge in [-0.1, -0.05) is 23.8 Å². The largest absolute Gasteiger partial charge is 0.493 e. The van der Waals surface area contributed by atoms with E-state index in [2.05, 4.69) is 49.3 Å². The number of amides is 1. The molecule has 8 nitrogen and oxygen atoms in total. The van der Waals surface area contributed by atoms with Gasteiger partial charge in [0.2, 0.25) is 5.95 Å². The second-order valence-electron chi connectivity index (χ2n) is 11.2. The molecule has 0 bridgehead atoms. The minimum absolute atomic E-state index is 0.0442. The SMILES string of the molecule is Cc1ccc2c(c1)CN(C1CC(C)OC(C)C1)C(=O)c1ncn3c(NCc4c(F)ccc5c4CCO5)ncc-2c13. The minimum atomic E-state index is -0.277. The molecule has 9 heteroatoms. The third kappa shape index (κ3) is 4.11. The molecule has 0 radical (unpaired) electrons. The predicted octanol–water partition coefficient (Wildman–Crippen LogP) is 5.30. The Kier molecular flexibility index (Phi) is 6.00. The summed E-state index contributed by atoms with van der Waals surface area (Å²) in [5.74, 6) is 0.854. The van der Waals surface area contributed by atoms with Gasteiger partial charge in [0.05, 0.1) is 24.3 Å². The number of imidazole rings is 1. The van der Waals surface area contributed by atoms with Crippen molar-refractivity contribution in [1.82, 2.24) is 19.3 Å². The number of hydrogen-bond donors (Lipinski definition) is 1. The van der Waals surface area contributed by atoms with E-state index >= 15 is 0 Å². The molecule has 3 aliphatic heterocycles. The van der Waals surface area contributed by atoms with Crippen LogP contribution < -0.4 is 10.1 Å². The van der Waals surface area contributed by atoms with Crippen molar-refractivity contribution in [3.05, 3.63) is 76.6 Å². The molecule has 2 aromatic carbocycles. The number of aromatic nitrogens is 3. The van der Waals surface area contributed by atoms with Crippen LogP contribution in [0.25, 0.3) is 16.6 Å². The molecule has 0 saturated carbocycles. The number of fused-ring (bicyclic) bond motifs is 3. The average molecular weight is 542 g/mol. The van der Waals surface area contributed by atoms with Crippen LogP contribution in [-0.4, -0.2) is 50.0 Å². The molecule has 2 aromatic heterocycles. The van der Waals surface area contributed by atoms with E-state index in [1.54, 1.807) is 18.6 Å². The van der Waals surface area contributed by atoms with E-state index in [9.17, 15) is 9.18 Å². The first kappa shape index (κ1) is 25.0. The molecule has 1 N–H and O–H groups in total. The van der Waals surface area contributed by atoms with Crippen LogP contribution in [-0.2, 0) is 24.2 Å². The molecular weight excluding hydrogens is 509 g/mol. The summed E-state index contributed by atoms with van der Waals surface area (Å²) < 4.78 is 28.3. The second-order valence-corrected chi connectivity index (χ2v) is 11.2. The fourth-order valence-corrected chi connectivity index (χ4v) is 6.60. The molecule has 7 rings (SSSR count). The van der Waals surface area contributed by atoms with E-state index in [1.807, 2.05) is 9.30 Å². The van der Waals surface area contributed by atoms with Gasteiger partial charge in [0.25, 0.3) is 5.91 Å². The smallest absolute Gasteiger partial charge is 0.275 e. The predicted molar refractivity (Wildman–Crippen MR) is 149 cm³/mol. The lowest BCUT2D eigenvalue weighted by atomic mass is 9.92. The molecular formula is C31H32FN5O3. The van der Waals surface area contributed by atoms with Crippen molar-refractivity contribution in [2.24, 2.45) is 0 Å². The fourth-order valence-electron chi connectivity index (χ4n) is 6.60. The molecule has 1 saturated heterocycles. The van der Waals surface area contributed by atoms with E-state index < -0.39 is 0 Å². The highest BCUT2D eigenvalue weighted by Gasteiger charge is 2.36. The van der Waals surface area contributed by atoms with E-state index in [1.165, 1.54) is 6.07 Å². The Balaban J connectivity index is 1.32. The minimum Gasteiger partial charge on any atom is -0.493 e. The number of nitrogens with one attached hydrogen (secondary N) is 1. The van der Waals surface area contributed by atoms with Gasteiger partial charge in [0.1, 0.15) is 17.9 Å². The molecule has 206 valence electrons. The third-order valence-electron chi connectivity index (χ3n) is 8.40. The van der Waals surface area contributed by atoms with Crippen LogP contribution in [0, 0.1) is 12.7 Å². The van der Waals surface area contributed by atoms with Gasteiger partial charge < -0.3 is 19.7 Å². The Hall–Kier alpha value is -3.98. The zero-order valence-corrected chi connectivity index (χ0v) is 22.9. The number of hydrogen-bond acceptors (Lipinski definition) is 6. The summed E-state index contributed by atoms with van der Waals surface area (Å²) in [7, 11) is 0. The molecule has 4 aromatic rings. The molecule has 1 amide bonds. The first-order chi connectivity index (χ1) is 19.4. The summed E-state index contributed by atoms with van der Waals surface area (Å²) in [4.78, 5) is 25.6. The molecule has 40 heavy (non-hydrogen) atoms. The van der Waals surface area contributed by atoms with Gasteiger partial charge in [-0.15, -0.1) is 0 Å². The highest BCUT2D eigenvalue weighted by molar-refractivity contribution is 6.04. The summed E-state index contributed by atoms with van der Waals surface area (Å²) in [6, 6.07) is 9.53. The average Bonchev–Trinajstić information content (AvgIpc) is 3.58. The molecule has 3 aliphatic rings. The van der Waals surface area contributed by atoms with Gasteiger partial charge in [0.15, 0.2) is 5.69 Å². The van der Waals surface area contributed by atoms with Gasteiger partial charge in [-0.05, 0) is 56.9 Å². The van der Waals surface area contributed by atoms with Gasteiger partial charge in [-0.25, -0.2) is 14.4 Å². The Labute approximate surface area is 232 Å². The van der Waals surface area contributed by atoms with Crippen molar-refractivity contribution >= 4 is 17.4 Å². The number of aryl methyl sites for hydroxylation is 1. The Morgan fingerprint density at radius 1 is 1.10 bits per heavy atom. The summed E-state index contributed by atoms with van der Waals surface area (Å²) in [5.41, 5.74) is 6.67.